The Labute approximate surface area is 176 Å². The van der Waals surface area contributed by atoms with E-state index in [4.69, 9.17) is 0 Å². The summed E-state index contributed by atoms with van der Waals surface area (Å²) in [4.78, 5) is 26.9. The van der Waals surface area contributed by atoms with Gasteiger partial charge in [0.25, 0.3) is 5.91 Å². The monoisotopic (exact) mass is 405 g/mol. The Morgan fingerprint density at radius 3 is 2.47 bits per heavy atom. The average molecular weight is 406 g/mol. The molecule has 2 aromatic heterocycles. The molecule has 0 unspecified atom stereocenters. The van der Waals surface area contributed by atoms with Gasteiger partial charge in [0.05, 0.1) is 18.1 Å². The van der Waals surface area contributed by atoms with E-state index in [0.717, 1.165) is 37.1 Å². The smallest absolute Gasteiger partial charge is 0.272 e. The summed E-state index contributed by atoms with van der Waals surface area (Å²) in [6.45, 7) is 6.31. The zero-order chi connectivity index (χ0) is 21.0. The maximum absolute atomic E-state index is 13.6. The van der Waals surface area contributed by atoms with Crippen LogP contribution in [-0.4, -0.2) is 54.8 Å². The molecule has 0 bridgehead atoms. The van der Waals surface area contributed by atoms with Crippen LogP contribution < -0.4 is 4.90 Å². The van der Waals surface area contributed by atoms with Crippen molar-refractivity contribution in [1.29, 1.82) is 0 Å². The molecule has 0 aliphatic carbocycles. The number of anilines is 1. The molecule has 0 N–H and O–H groups in total. The highest BCUT2D eigenvalue weighted by Crippen LogP contribution is 2.46. The number of aromatic nitrogens is 5. The van der Waals surface area contributed by atoms with Crippen LogP contribution in [0, 0.1) is 25.7 Å². The number of carbonyl (C=O) groups excluding carboxylic acids is 1. The van der Waals surface area contributed by atoms with Gasteiger partial charge in [-0.3, -0.25) is 4.79 Å². The predicted molar refractivity (Wildman–Crippen MR) is 113 cm³/mol. The van der Waals surface area contributed by atoms with E-state index in [2.05, 4.69) is 49.1 Å². The Hall–Kier alpha value is -3.16. The molecule has 2 aliphatic heterocycles. The lowest BCUT2D eigenvalue weighted by Crippen LogP contribution is -2.37. The SMILES string of the molecule is Cc1nc(N2C[C@H]3CN(C(=O)c4c(C)ncn4C)[C@H](c4ccccc4)[C@H]3C2)n(C)n1. The Morgan fingerprint density at radius 2 is 1.83 bits per heavy atom. The summed E-state index contributed by atoms with van der Waals surface area (Å²) in [5.74, 6) is 2.50. The fourth-order valence-corrected chi connectivity index (χ4v) is 5.26. The molecule has 1 amide bonds. The number of likely N-dealkylation sites (tertiary alicyclic amines) is 1. The Bertz CT molecular complexity index is 1070. The normalized spacial score (nSPS) is 23.3. The van der Waals surface area contributed by atoms with Crippen molar-refractivity contribution in [3.8, 4) is 0 Å². The van der Waals surface area contributed by atoms with E-state index < -0.39 is 0 Å². The minimum Gasteiger partial charge on any atom is -0.340 e. The zero-order valence-electron chi connectivity index (χ0n) is 17.9. The van der Waals surface area contributed by atoms with Crippen molar-refractivity contribution in [2.75, 3.05) is 24.5 Å². The van der Waals surface area contributed by atoms with Gasteiger partial charge in [-0.15, -0.1) is 0 Å². The van der Waals surface area contributed by atoms with E-state index >= 15 is 0 Å². The topological polar surface area (TPSA) is 72.1 Å². The molecule has 5 rings (SSSR count). The van der Waals surface area contributed by atoms with Gasteiger partial charge in [0.2, 0.25) is 5.95 Å². The van der Waals surface area contributed by atoms with Crippen LogP contribution in [0.3, 0.4) is 0 Å². The van der Waals surface area contributed by atoms with Crippen LogP contribution in [0.4, 0.5) is 5.95 Å². The maximum atomic E-state index is 13.6. The number of benzene rings is 1. The maximum Gasteiger partial charge on any atom is 0.272 e. The quantitative estimate of drug-likeness (QED) is 0.667. The molecular formula is C22H27N7O. The van der Waals surface area contributed by atoms with Crippen LogP contribution in [0.25, 0.3) is 0 Å². The molecule has 3 aromatic rings. The van der Waals surface area contributed by atoms with Gasteiger partial charge in [0, 0.05) is 45.6 Å². The van der Waals surface area contributed by atoms with Crippen molar-refractivity contribution in [2.24, 2.45) is 25.9 Å². The molecular weight excluding hydrogens is 378 g/mol. The standard InChI is InChI=1S/C22H27N7O/c1-14-19(26(3)13-23-14)21(30)29-11-17-10-28(22-24-15(2)25-27(22)4)12-18(17)20(29)16-8-6-5-7-9-16/h5-9,13,17-18,20H,10-12H2,1-4H3/t17-,18-,20+/m0/s1. The molecule has 0 saturated carbocycles. The Morgan fingerprint density at radius 1 is 1.07 bits per heavy atom. The van der Waals surface area contributed by atoms with Crippen molar-refractivity contribution in [1.82, 2.24) is 29.2 Å². The largest absolute Gasteiger partial charge is 0.340 e. The Balaban J connectivity index is 1.49. The van der Waals surface area contributed by atoms with Crippen LogP contribution in [0.15, 0.2) is 36.7 Å². The lowest BCUT2D eigenvalue weighted by atomic mass is 9.89. The summed E-state index contributed by atoms with van der Waals surface area (Å²) in [6.07, 6.45) is 1.72. The Kier molecular flexibility index (Phi) is 4.38. The molecule has 0 radical (unpaired) electrons. The van der Waals surface area contributed by atoms with Gasteiger partial charge in [-0.1, -0.05) is 30.3 Å². The highest BCUT2D eigenvalue weighted by molar-refractivity contribution is 5.94. The number of imidazole rings is 1. The molecule has 4 heterocycles. The van der Waals surface area contributed by atoms with Gasteiger partial charge >= 0.3 is 0 Å². The van der Waals surface area contributed by atoms with Crippen LogP contribution in [-0.2, 0) is 14.1 Å². The summed E-state index contributed by atoms with van der Waals surface area (Å²) in [5.41, 5.74) is 2.65. The van der Waals surface area contributed by atoms with Crippen molar-refractivity contribution in [3.05, 3.63) is 59.4 Å². The van der Waals surface area contributed by atoms with Crippen molar-refractivity contribution >= 4 is 11.9 Å². The summed E-state index contributed by atoms with van der Waals surface area (Å²) in [7, 11) is 3.83. The first kappa shape index (κ1) is 18.8. The fraction of sp³-hybridized carbons (Fsp3) is 0.455. The second-order valence-corrected chi connectivity index (χ2v) is 8.51. The molecule has 0 spiro atoms. The first-order valence-electron chi connectivity index (χ1n) is 10.4. The summed E-state index contributed by atoms with van der Waals surface area (Å²) in [5, 5.41) is 4.41. The van der Waals surface area contributed by atoms with Gasteiger partial charge in [-0.25, -0.2) is 9.67 Å². The van der Waals surface area contributed by atoms with Crippen LogP contribution in [0.5, 0.6) is 0 Å². The number of rotatable bonds is 3. The van der Waals surface area contributed by atoms with Crippen LogP contribution in [0.2, 0.25) is 0 Å². The highest BCUT2D eigenvalue weighted by atomic mass is 16.2. The van der Waals surface area contributed by atoms with Crippen molar-refractivity contribution in [3.63, 3.8) is 0 Å². The fourth-order valence-electron chi connectivity index (χ4n) is 5.26. The minimum absolute atomic E-state index is 0.0392. The van der Waals surface area contributed by atoms with E-state index in [-0.39, 0.29) is 11.9 Å². The van der Waals surface area contributed by atoms with Gasteiger partial charge in [0.1, 0.15) is 11.5 Å². The van der Waals surface area contributed by atoms with E-state index in [1.165, 1.54) is 5.56 Å². The highest BCUT2D eigenvalue weighted by Gasteiger charge is 2.50. The van der Waals surface area contributed by atoms with Crippen molar-refractivity contribution < 1.29 is 4.79 Å². The average Bonchev–Trinajstić information content (AvgIpc) is 3.45. The van der Waals surface area contributed by atoms with Gasteiger partial charge < -0.3 is 14.4 Å². The molecule has 2 fully saturated rings. The molecule has 3 atom stereocenters. The van der Waals surface area contributed by atoms with E-state index in [1.54, 1.807) is 6.33 Å². The number of nitrogens with zero attached hydrogens (tertiary/aromatic N) is 7. The molecule has 8 nitrogen and oxygen atoms in total. The van der Waals surface area contributed by atoms with Crippen LogP contribution in [0.1, 0.15) is 33.6 Å². The van der Waals surface area contributed by atoms with Gasteiger partial charge in [0.15, 0.2) is 0 Å². The molecule has 2 saturated heterocycles. The van der Waals surface area contributed by atoms with E-state index in [1.807, 2.05) is 43.3 Å². The number of hydrogen-bond donors (Lipinski definition) is 0. The molecule has 1 aromatic carbocycles. The van der Waals surface area contributed by atoms with Crippen molar-refractivity contribution in [2.45, 2.75) is 19.9 Å². The summed E-state index contributed by atoms with van der Waals surface area (Å²) >= 11 is 0. The first-order chi connectivity index (χ1) is 14.4. The van der Waals surface area contributed by atoms with Gasteiger partial charge in [-0.2, -0.15) is 10.1 Å². The second-order valence-electron chi connectivity index (χ2n) is 8.51. The second kappa shape index (κ2) is 6.97. The lowest BCUT2D eigenvalue weighted by Gasteiger charge is -2.30. The minimum atomic E-state index is 0.0392. The van der Waals surface area contributed by atoms with E-state index in [9.17, 15) is 4.79 Å². The molecule has 2 aliphatic rings. The summed E-state index contributed by atoms with van der Waals surface area (Å²) < 4.78 is 3.69. The van der Waals surface area contributed by atoms with Crippen LogP contribution >= 0.6 is 0 Å². The lowest BCUT2D eigenvalue weighted by molar-refractivity contribution is 0.0705. The first-order valence-corrected chi connectivity index (χ1v) is 10.4. The summed E-state index contributed by atoms with van der Waals surface area (Å²) in [6, 6.07) is 10.4. The molecule has 156 valence electrons. The third-order valence-electron chi connectivity index (χ3n) is 6.52. The molecule has 30 heavy (non-hydrogen) atoms. The number of hydrogen-bond acceptors (Lipinski definition) is 5. The number of aryl methyl sites for hydroxylation is 4. The number of fused-ring (bicyclic) bond motifs is 1. The third-order valence-corrected chi connectivity index (χ3v) is 6.52. The van der Waals surface area contributed by atoms with Gasteiger partial charge in [-0.05, 0) is 19.4 Å². The number of amides is 1. The molecule has 8 heteroatoms. The number of carbonyl (C=O) groups is 1. The third kappa shape index (κ3) is 2.89. The zero-order valence-corrected chi connectivity index (χ0v) is 17.9. The van der Waals surface area contributed by atoms with E-state index in [0.29, 0.717) is 17.5 Å². The predicted octanol–water partition coefficient (Wildman–Crippen LogP) is 2.12.